The van der Waals surface area contributed by atoms with Gasteiger partial charge in [-0.2, -0.15) is 0 Å². The van der Waals surface area contributed by atoms with Crippen molar-refractivity contribution in [1.82, 2.24) is 0 Å². The minimum atomic E-state index is -1.70. The van der Waals surface area contributed by atoms with Crippen molar-refractivity contribution in [3.8, 4) is 0 Å². The Balaban J connectivity index is 2.75. The Morgan fingerprint density at radius 1 is 1.23 bits per heavy atom. The summed E-state index contributed by atoms with van der Waals surface area (Å²) in [5, 5.41) is 0. The molecule has 22 heavy (non-hydrogen) atoms. The van der Waals surface area contributed by atoms with E-state index in [2.05, 4.69) is 32.7 Å². The van der Waals surface area contributed by atoms with E-state index in [4.69, 9.17) is 4.52 Å². The minimum Gasteiger partial charge on any atom is -0.353 e. The molecule has 0 spiro atoms. The third-order valence-electron chi connectivity index (χ3n) is 4.42. The van der Waals surface area contributed by atoms with E-state index in [1.54, 1.807) is 0 Å². The Bertz CT molecular complexity index is 488. The van der Waals surface area contributed by atoms with E-state index in [0.29, 0.717) is 6.61 Å². The summed E-state index contributed by atoms with van der Waals surface area (Å²) >= 11 is 0. The first-order valence-electron chi connectivity index (χ1n) is 8.05. The number of hydrogen-bond acceptors (Lipinski definition) is 1. The van der Waals surface area contributed by atoms with Crippen molar-refractivity contribution in [1.29, 1.82) is 0 Å². The van der Waals surface area contributed by atoms with E-state index >= 15 is 0 Å². The molecule has 0 N–H and O–H groups in total. The van der Waals surface area contributed by atoms with Crippen molar-refractivity contribution in [2.75, 3.05) is 30.7 Å². The van der Waals surface area contributed by atoms with Crippen molar-refractivity contribution >= 4 is 41.1 Å². The first-order valence-corrected chi connectivity index (χ1v) is 14.1. The molecule has 0 bridgehead atoms. The second-order valence-electron chi connectivity index (χ2n) is 6.48. The van der Waals surface area contributed by atoms with Crippen LogP contribution in [0.3, 0.4) is 0 Å². The lowest BCUT2D eigenvalue weighted by atomic mass is 10.0. The van der Waals surface area contributed by atoms with Gasteiger partial charge in [-0.25, -0.2) is 4.39 Å². The highest BCUT2D eigenvalue weighted by Crippen LogP contribution is 2.58. The molecule has 0 radical (unpaired) electrons. The summed E-state index contributed by atoms with van der Waals surface area (Å²) in [5.74, 6) is 2.41. The number of rotatable bonds is 9. The quantitative estimate of drug-likeness (QED) is 0.453. The summed E-state index contributed by atoms with van der Waals surface area (Å²) in [6, 6.07) is 0. The molecular weight excluding hydrogens is 332 g/mol. The van der Waals surface area contributed by atoms with Crippen LogP contribution in [0.1, 0.15) is 34.1 Å². The molecule has 0 aliphatic heterocycles. The fourth-order valence-electron chi connectivity index (χ4n) is 2.79. The van der Waals surface area contributed by atoms with Crippen molar-refractivity contribution < 1.29 is 8.91 Å². The number of hydrogen-bond donors (Lipinski definition) is 0. The predicted molar refractivity (Wildman–Crippen MR) is 110 cm³/mol. The average Bonchev–Trinajstić information content (AvgIpc) is 2.72. The molecule has 1 aliphatic carbocycles. The summed E-state index contributed by atoms with van der Waals surface area (Å²) in [4.78, 5) is 0. The lowest BCUT2D eigenvalue weighted by Gasteiger charge is -2.22. The van der Waals surface area contributed by atoms with Gasteiger partial charge in [0, 0.05) is 11.8 Å². The smallest absolute Gasteiger partial charge is 0.150 e. The maximum Gasteiger partial charge on any atom is 0.150 e. The lowest BCUT2D eigenvalue weighted by Crippen LogP contribution is -2.09. The summed E-state index contributed by atoms with van der Waals surface area (Å²) < 4.78 is 20.3. The third kappa shape index (κ3) is 5.72. The highest BCUT2D eigenvalue weighted by Gasteiger charge is 2.33. The van der Waals surface area contributed by atoms with Gasteiger partial charge in [-0.3, -0.25) is 0 Å². The van der Waals surface area contributed by atoms with Crippen LogP contribution < -0.4 is 0 Å². The van der Waals surface area contributed by atoms with Gasteiger partial charge in [0.25, 0.3) is 0 Å². The molecule has 5 heteroatoms. The normalized spacial score (nSPS) is 26.0. The van der Waals surface area contributed by atoms with E-state index in [0.717, 1.165) is 36.1 Å². The van der Waals surface area contributed by atoms with Gasteiger partial charge in [-0.15, -0.1) is 0 Å². The molecule has 0 amide bonds. The van der Waals surface area contributed by atoms with E-state index in [1.165, 1.54) is 0 Å². The monoisotopic (exact) mass is 364 g/mol. The largest absolute Gasteiger partial charge is 0.353 e. The van der Waals surface area contributed by atoms with E-state index in [9.17, 15) is 4.39 Å². The van der Waals surface area contributed by atoms with Gasteiger partial charge >= 0.3 is 0 Å². The second-order valence-corrected chi connectivity index (χ2v) is 15.1. The molecule has 0 heterocycles. The van der Waals surface area contributed by atoms with E-state index in [1.807, 2.05) is 13.8 Å². The van der Waals surface area contributed by atoms with Crippen LogP contribution in [-0.4, -0.2) is 49.6 Å². The maximum atomic E-state index is 13.9. The van der Waals surface area contributed by atoms with Crippen molar-refractivity contribution in [3.05, 3.63) is 11.4 Å². The van der Waals surface area contributed by atoms with Crippen LogP contribution in [0.15, 0.2) is 11.4 Å². The topological polar surface area (TPSA) is 9.23 Å². The fraction of sp³-hybridized carbons (Fsp3) is 0.706. The number of halogens is 1. The number of allylic oxidation sites excluding steroid dienone is 1. The lowest BCUT2D eigenvalue weighted by molar-refractivity contribution is 0.287. The highest BCUT2D eigenvalue weighted by atomic mass is 31.2. The molecule has 0 saturated heterocycles. The van der Waals surface area contributed by atoms with Crippen molar-refractivity contribution in [2.24, 2.45) is 11.8 Å². The van der Waals surface area contributed by atoms with Crippen LogP contribution in [0.4, 0.5) is 4.39 Å². The fourth-order valence-corrected chi connectivity index (χ4v) is 12.5. The zero-order chi connectivity index (χ0) is 16.9. The standard InChI is InChI=1S/C17H32FOP3/c1-8-20(5)12-22(7,13-21(6)9-2)19-11-16-10-14(3)17(18)15(16)4/h14,16H,5-13H2,1-4H3/q+2/t14-,16-/m1/s1. The third-order valence-corrected chi connectivity index (χ3v) is 14.2. The van der Waals surface area contributed by atoms with Gasteiger partial charge in [0.1, 0.15) is 30.0 Å². The molecule has 0 aromatic rings. The predicted octanol–water partition coefficient (Wildman–Crippen LogP) is 6.05. The van der Waals surface area contributed by atoms with Gasteiger partial charge < -0.3 is 4.52 Å². The van der Waals surface area contributed by atoms with Crippen LogP contribution in [0, 0.1) is 11.8 Å². The average molecular weight is 364 g/mol. The molecule has 0 aromatic heterocycles. The van der Waals surface area contributed by atoms with Crippen molar-refractivity contribution in [3.63, 3.8) is 0 Å². The maximum absolute atomic E-state index is 13.9. The molecule has 126 valence electrons. The van der Waals surface area contributed by atoms with Gasteiger partial charge in [-0.05, 0) is 32.8 Å². The molecule has 1 nitrogen and oxygen atoms in total. The van der Waals surface area contributed by atoms with Crippen LogP contribution in [0.5, 0.6) is 0 Å². The van der Waals surface area contributed by atoms with Gasteiger partial charge in [-0.1, -0.05) is 13.2 Å². The Kier molecular flexibility index (Phi) is 8.25. The van der Waals surface area contributed by atoms with Gasteiger partial charge in [0.2, 0.25) is 0 Å². The first-order chi connectivity index (χ1) is 10.2. The SMILES string of the molecule is C=[P+](CC)CP(=C)(C[P+](=C)CC)OC[C@H]1C[C@@H](C)C(F)=C1C. The molecule has 2 unspecified atom stereocenters. The van der Waals surface area contributed by atoms with Gasteiger partial charge in [0.15, 0.2) is 0 Å². The van der Waals surface area contributed by atoms with Crippen LogP contribution in [-0.2, 0) is 4.52 Å². The Morgan fingerprint density at radius 2 is 1.73 bits per heavy atom. The van der Waals surface area contributed by atoms with Crippen LogP contribution in [0.2, 0.25) is 0 Å². The Morgan fingerprint density at radius 3 is 2.09 bits per heavy atom. The molecule has 0 aromatic carbocycles. The molecule has 0 saturated carbocycles. The Labute approximate surface area is 138 Å². The zero-order valence-corrected chi connectivity index (χ0v) is 17.3. The van der Waals surface area contributed by atoms with Crippen LogP contribution in [0.25, 0.3) is 0 Å². The molecule has 1 aliphatic rings. The molecule has 4 atom stereocenters. The van der Waals surface area contributed by atoms with Crippen LogP contribution >= 0.6 is 22.2 Å². The molecular formula is C17H32FOP3+2. The van der Waals surface area contributed by atoms with Crippen molar-refractivity contribution in [2.45, 2.75) is 34.1 Å². The minimum absolute atomic E-state index is 0.0485. The summed E-state index contributed by atoms with van der Waals surface area (Å²) in [6.07, 6.45) is 16.2. The molecule has 0 fully saturated rings. The summed E-state index contributed by atoms with van der Waals surface area (Å²) in [7, 11) is -2.19. The molecule has 1 rings (SSSR count). The summed E-state index contributed by atoms with van der Waals surface area (Å²) in [5.41, 5.74) is 0.888. The van der Waals surface area contributed by atoms with E-state index in [-0.39, 0.29) is 32.8 Å². The zero-order valence-electron chi connectivity index (χ0n) is 14.6. The van der Waals surface area contributed by atoms with E-state index < -0.39 is 7.11 Å². The summed E-state index contributed by atoms with van der Waals surface area (Å²) in [6.45, 7) is 8.88. The first kappa shape index (κ1) is 20.3. The highest BCUT2D eigenvalue weighted by molar-refractivity contribution is 7.86. The Hall–Kier alpha value is 0.270. The second kappa shape index (κ2) is 8.94. The van der Waals surface area contributed by atoms with Gasteiger partial charge in [0.05, 0.1) is 41.4 Å².